The van der Waals surface area contributed by atoms with Gasteiger partial charge in [-0.1, -0.05) is 6.07 Å². The van der Waals surface area contributed by atoms with E-state index < -0.39 is 15.7 Å². The number of fused-ring (bicyclic) bond motifs is 1. The highest BCUT2D eigenvalue weighted by atomic mass is 32.2. The topological polar surface area (TPSA) is 108 Å². The number of carbonyl (C=O) groups excluding carboxylic acids is 1. The van der Waals surface area contributed by atoms with Gasteiger partial charge in [-0.05, 0) is 12.1 Å². The molecule has 132 valence electrons. The molecule has 0 unspecified atom stereocenters. The van der Waals surface area contributed by atoms with Gasteiger partial charge in [0, 0.05) is 25.8 Å². The zero-order valence-corrected chi connectivity index (χ0v) is 14.5. The number of amides is 1. The summed E-state index contributed by atoms with van der Waals surface area (Å²) in [6.45, 7) is 1.05. The molecular weight excluding hydrogens is 346 g/mol. The third-order valence-electron chi connectivity index (χ3n) is 3.48. The molecular formula is C15H17N5O4S. The minimum atomic E-state index is -3.58. The fourth-order valence-electron chi connectivity index (χ4n) is 2.36. The van der Waals surface area contributed by atoms with Gasteiger partial charge in [0.05, 0.1) is 30.6 Å². The van der Waals surface area contributed by atoms with Crippen LogP contribution in [0.3, 0.4) is 0 Å². The Hall–Kier alpha value is -2.72. The van der Waals surface area contributed by atoms with Crippen molar-refractivity contribution >= 4 is 26.9 Å². The SMILES string of the molecule is COCCn1cc(NC(=O)c2nc(S(C)(=O)=O)n3ccccc23)cn1. The molecule has 3 rings (SSSR count). The number of rotatable bonds is 6. The molecule has 25 heavy (non-hydrogen) atoms. The number of carbonyl (C=O) groups is 1. The molecule has 0 atom stereocenters. The summed E-state index contributed by atoms with van der Waals surface area (Å²) in [5, 5.41) is 6.61. The van der Waals surface area contributed by atoms with Crippen LogP contribution in [0.4, 0.5) is 5.69 Å². The fourth-order valence-corrected chi connectivity index (χ4v) is 3.14. The van der Waals surface area contributed by atoms with Crippen molar-refractivity contribution < 1.29 is 17.9 Å². The van der Waals surface area contributed by atoms with Crippen molar-refractivity contribution in [3.05, 3.63) is 42.5 Å². The van der Waals surface area contributed by atoms with E-state index in [1.165, 1.54) is 10.6 Å². The van der Waals surface area contributed by atoms with Crippen molar-refractivity contribution in [1.29, 1.82) is 0 Å². The Morgan fingerprint density at radius 3 is 2.88 bits per heavy atom. The van der Waals surface area contributed by atoms with Gasteiger partial charge in [0.15, 0.2) is 5.69 Å². The molecule has 0 aromatic carbocycles. The number of imidazole rings is 1. The maximum Gasteiger partial charge on any atom is 0.276 e. The molecule has 0 aliphatic carbocycles. The summed E-state index contributed by atoms with van der Waals surface area (Å²) >= 11 is 0. The first-order chi connectivity index (χ1) is 11.9. The van der Waals surface area contributed by atoms with Crippen molar-refractivity contribution in [2.45, 2.75) is 11.7 Å². The first-order valence-corrected chi connectivity index (χ1v) is 9.29. The Morgan fingerprint density at radius 2 is 2.16 bits per heavy atom. The molecule has 0 saturated heterocycles. The molecule has 0 fully saturated rings. The van der Waals surface area contributed by atoms with E-state index >= 15 is 0 Å². The van der Waals surface area contributed by atoms with Crippen LogP contribution in [-0.4, -0.2) is 53.5 Å². The molecule has 1 amide bonds. The van der Waals surface area contributed by atoms with Gasteiger partial charge in [-0.15, -0.1) is 0 Å². The maximum absolute atomic E-state index is 12.5. The predicted molar refractivity (Wildman–Crippen MR) is 90.4 cm³/mol. The number of nitrogens with one attached hydrogen (secondary N) is 1. The van der Waals surface area contributed by atoms with Crippen LogP contribution >= 0.6 is 0 Å². The number of hydrogen-bond acceptors (Lipinski definition) is 6. The lowest BCUT2D eigenvalue weighted by Crippen LogP contribution is -2.13. The summed E-state index contributed by atoms with van der Waals surface area (Å²) < 4.78 is 31.8. The highest BCUT2D eigenvalue weighted by Crippen LogP contribution is 2.18. The van der Waals surface area contributed by atoms with Crippen LogP contribution in [0.2, 0.25) is 0 Å². The minimum absolute atomic E-state index is 0.0330. The van der Waals surface area contributed by atoms with Crippen LogP contribution in [-0.2, 0) is 21.1 Å². The number of hydrogen-bond donors (Lipinski definition) is 1. The van der Waals surface area contributed by atoms with Gasteiger partial charge in [-0.3, -0.25) is 13.9 Å². The molecule has 3 aromatic heterocycles. The maximum atomic E-state index is 12.5. The fraction of sp³-hybridized carbons (Fsp3) is 0.267. The minimum Gasteiger partial charge on any atom is -0.383 e. The average Bonchev–Trinajstić information content (AvgIpc) is 3.16. The average molecular weight is 363 g/mol. The zero-order chi connectivity index (χ0) is 18.0. The second-order valence-electron chi connectivity index (χ2n) is 5.41. The molecule has 9 nitrogen and oxygen atoms in total. The molecule has 0 aliphatic heterocycles. The normalized spacial score (nSPS) is 11.8. The number of anilines is 1. The number of nitrogens with zero attached hydrogens (tertiary/aromatic N) is 4. The van der Waals surface area contributed by atoms with Gasteiger partial charge >= 0.3 is 0 Å². The largest absolute Gasteiger partial charge is 0.383 e. The molecule has 3 heterocycles. The van der Waals surface area contributed by atoms with E-state index in [0.717, 1.165) is 6.26 Å². The summed E-state index contributed by atoms with van der Waals surface area (Å²) in [6.07, 6.45) is 5.77. The van der Waals surface area contributed by atoms with Gasteiger partial charge in [0.1, 0.15) is 0 Å². The third kappa shape index (κ3) is 3.54. The van der Waals surface area contributed by atoms with E-state index in [1.54, 1.807) is 42.4 Å². The van der Waals surface area contributed by atoms with Crippen LogP contribution in [0.15, 0.2) is 41.9 Å². The Bertz CT molecular complexity index is 1020. The van der Waals surface area contributed by atoms with Crippen LogP contribution in [0.25, 0.3) is 5.52 Å². The number of methoxy groups -OCH3 is 1. The van der Waals surface area contributed by atoms with E-state index in [-0.39, 0.29) is 10.9 Å². The first-order valence-electron chi connectivity index (χ1n) is 7.40. The lowest BCUT2D eigenvalue weighted by Gasteiger charge is -2.01. The quantitative estimate of drug-likeness (QED) is 0.695. The second-order valence-corrected chi connectivity index (χ2v) is 7.32. The molecule has 0 saturated carbocycles. The van der Waals surface area contributed by atoms with Crippen molar-refractivity contribution in [2.75, 3.05) is 25.3 Å². The molecule has 10 heteroatoms. The number of sulfone groups is 1. The van der Waals surface area contributed by atoms with Crippen molar-refractivity contribution in [1.82, 2.24) is 19.2 Å². The van der Waals surface area contributed by atoms with E-state index in [2.05, 4.69) is 15.4 Å². The van der Waals surface area contributed by atoms with E-state index in [4.69, 9.17) is 4.74 Å². The Kier molecular flexibility index (Phi) is 4.55. The monoisotopic (exact) mass is 363 g/mol. The second kappa shape index (κ2) is 6.65. The van der Waals surface area contributed by atoms with Crippen molar-refractivity contribution in [2.24, 2.45) is 0 Å². The summed E-state index contributed by atoms with van der Waals surface area (Å²) in [5.74, 6) is -0.509. The summed E-state index contributed by atoms with van der Waals surface area (Å²) in [5.41, 5.74) is 0.928. The standard InChI is InChI=1S/C15H17N5O4S/c1-24-8-7-19-10-11(9-16-19)17-14(21)13-12-5-3-4-6-20(12)15(18-13)25(2,22)23/h3-6,9-10H,7-8H2,1-2H3,(H,17,21). The van der Waals surface area contributed by atoms with E-state index in [0.29, 0.717) is 24.4 Å². The number of ether oxygens (including phenoxy) is 1. The third-order valence-corrected chi connectivity index (χ3v) is 4.43. The number of aromatic nitrogens is 4. The van der Waals surface area contributed by atoms with Crippen LogP contribution in [0.5, 0.6) is 0 Å². The predicted octanol–water partition coefficient (Wildman–Crippen LogP) is 0.833. The van der Waals surface area contributed by atoms with Crippen LogP contribution < -0.4 is 5.32 Å². The van der Waals surface area contributed by atoms with Crippen molar-refractivity contribution in [3.8, 4) is 0 Å². The van der Waals surface area contributed by atoms with Crippen molar-refractivity contribution in [3.63, 3.8) is 0 Å². The first kappa shape index (κ1) is 17.1. The molecule has 0 spiro atoms. The molecule has 0 bridgehead atoms. The van der Waals surface area contributed by atoms with Crippen LogP contribution in [0, 0.1) is 0 Å². The Labute approximate surface area is 144 Å². The van der Waals surface area contributed by atoms with Gasteiger partial charge in [0.2, 0.25) is 15.0 Å². The lowest BCUT2D eigenvalue weighted by atomic mass is 10.3. The van der Waals surface area contributed by atoms with Gasteiger partial charge < -0.3 is 10.1 Å². The highest BCUT2D eigenvalue weighted by molar-refractivity contribution is 7.90. The van der Waals surface area contributed by atoms with Gasteiger partial charge in [-0.2, -0.15) is 5.10 Å². The summed E-state index contributed by atoms with van der Waals surface area (Å²) in [4.78, 5) is 16.6. The summed E-state index contributed by atoms with van der Waals surface area (Å²) in [6, 6.07) is 5.02. The molecule has 1 N–H and O–H groups in total. The van der Waals surface area contributed by atoms with E-state index in [9.17, 15) is 13.2 Å². The summed E-state index contributed by atoms with van der Waals surface area (Å²) in [7, 11) is -1.99. The molecule has 0 radical (unpaired) electrons. The Morgan fingerprint density at radius 1 is 1.36 bits per heavy atom. The number of pyridine rings is 1. The van der Waals surface area contributed by atoms with Gasteiger partial charge in [-0.25, -0.2) is 13.4 Å². The van der Waals surface area contributed by atoms with Gasteiger partial charge in [0.25, 0.3) is 5.91 Å². The zero-order valence-electron chi connectivity index (χ0n) is 13.7. The smallest absolute Gasteiger partial charge is 0.276 e. The molecule has 3 aromatic rings. The molecule has 0 aliphatic rings. The highest BCUT2D eigenvalue weighted by Gasteiger charge is 2.22. The lowest BCUT2D eigenvalue weighted by molar-refractivity contribution is 0.102. The Balaban J connectivity index is 1.91. The van der Waals surface area contributed by atoms with Crippen LogP contribution in [0.1, 0.15) is 10.5 Å². The van der Waals surface area contributed by atoms with E-state index in [1.807, 2.05) is 0 Å².